The summed E-state index contributed by atoms with van der Waals surface area (Å²) in [4.78, 5) is 0. The van der Waals surface area contributed by atoms with Crippen LogP contribution in [0.15, 0.2) is 35.2 Å². The zero-order valence-electron chi connectivity index (χ0n) is 10.9. The number of furan rings is 1. The maximum absolute atomic E-state index is 5.75. The lowest BCUT2D eigenvalue weighted by atomic mass is 9.71. The van der Waals surface area contributed by atoms with E-state index >= 15 is 0 Å². The van der Waals surface area contributed by atoms with E-state index < -0.39 is 0 Å². The normalized spacial score (nSPS) is 27.9. The van der Waals surface area contributed by atoms with Gasteiger partial charge < -0.3 is 9.15 Å². The Labute approximate surface area is 108 Å². The van der Waals surface area contributed by atoms with Crippen LogP contribution in [0.3, 0.4) is 0 Å². The van der Waals surface area contributed by atoms with Crippen molar-refractivity contribution < 1.29 is 9.15 Å². The van der Waals surface area contributed by atoms with Gasteiger partial charge in [0.1, 0.15) is 12.4 Å². The van der Waals surface area contributed by atoms with Gasteiger partial charge in [-0.25, -0.2) is 0 Å². The Kier molecular flexibility index (Phi) is 3.02. The van der Waals surface area contributed by atoms with Crippen LogP contribution in [-0.4, -0.2) is 6.61 Å². The molecule has 2 heteroatoms. The van der Waals surface area contributed by atoms with Gasteiger partial charge in [0, 0.05) is 17.9 Å². The second kappa shape index (κ2) is 4.68. The summed E-state index contributed by atoms with van der Waals surface area (Å²) in [5.74, 6) is 2.25. The van der Waals surface area contributed by atoms with Crippen molar-refractivity contribution >= 4 is 0 Å². The highest BCUT2D eigenvalue weighted by Gasteiger charge is 2.36. The summed E-state index contributed by atoms with van der Waals surface area (Å²) >= 11 is 0. The molecule has 96 valence electrons. The molecular weight excluding hydrogens is 224 g/mol. The third-order valence-corrected chi connectivity index (χ3v) is 4.17. The summed E-state index contributed by atoms with van der Waals surface area (Å²) in [6, 6.07) is 0. The van der Waals surface area contributed by atoms with E-state index in [1.165, 1.54) is 41.7 Å². The molecule has 1 heterocycles. The third-order valence-electron chi connectivity index (χ3n) is 4.17. The van der Waals surface area contributed by atoms with Gasteiger partial charge >= 0.3 is 0 Å². The smallest absolute Gasteiger partial charge is 0.108 e. The summed E-state index contributed by atoms with van der Waals surface area (Å²) in [6.07, 6.45) is 10.4. The maximum atomic E-state index is 5.75. The molecule has 3 rings (SSSR count). The molecule has 1 aromatic heterocycles. The Balaban J connectivity index is 1.95. The van der Waals surface area contributed by atoms with Crippen molar-refractivity contribution in [2.75, 3.05) is 6.61 Å². The van der Waals surface area contributed by atoms with Crippen LogP contribution in [0.5, 0.6) is 0 Å². The van der Waals surface area contributed by atoms with Crippen molar-refractivity contribution in [3.63, 3.8) is 0 Å². The van der Waals surface area contributed by atoms with Gasteiger partial charge in [-0.2, -0.15) is 0 Å². The molecule has 0 saturated heterocycles. The van der Waals surface area contributed by atoms with E-state index in [0.717, 1.165) is 6.42 Å². The first-order valence-electron chi connectivity index (χ1n) is 6.83. The molecule has 2 atom stereocenters. The van der Waals surface area contributed by atoms with Crippen LogP contribution in [0.2, 0.25) is 0 Å². The number of hydrogen-bond donors (Lipinski definition) is 0. The summed E-state index contributed by atoms with van der Waals surface area (Å²) in [5, 5.41) is 0. The highest BCUT2D eigenvalue weighted by Crippen LogP contribution is 2.47. The molecule has 1 aromatic rings. The Morgan fingerprint density at radius 1 is 1.56 bits per heavy atom. The molecule has 0 aliphatic heterocycles. The van der Waals surface area contributed by atoms with Crippen LogP contribution >= 0.6 is 0 Å². The highest BCUT2D eigenvalue weighted by molar-refractivity contribution is 5.43. The van der Waals surface area contributed by atoms with Crippen molar-refractivity contribution in [1.29, 1.82) is 0 Å². The van der Waals surface area contributed by atoms with Crippen molar-refractivity contribution in [2.24, 2.45) is 5.92 Å². The first kappa shape index (κ1) is 11.6. The zero-order valence-corrected chi connectivity index (χ0v) is 10.9. The largest absolute Gasteiger partial charge is 0.497 e. The standard InChI is InChI=1S/C16H20O2/c1-3-7-17-10-14-11(2)8-15-16-12(9-18-15)5-4-6-13(14)16/h3,9-11,13H,1,4-8H2,2H3/t11-,13+/m1/s1. The van der Waals surface area contributed by atoms with Gasteiger partial charge in [-0.3, -0.25) is 0 Å². The number of ether oxygens (including phenoxy) is 1. The Bertz CT molecular complexity index is 481. The van der Waals surface area contributed by atoms with E-state index in [9.17, 15) is 0 Å². The lowest BCUT2D eigenvalue weighted by molar-refractivity contribution is 0.276. The molecule has 2 nitrogen and oxygen atoms in total. The van der Waals surface area contributed by atoms with Gasteiger partial charge in [0.05, 0.1) is 12.5 Å². The monoisotopic (exact) mass is 244 g/mol. The molecule has 2 aliphatic rings. The summed E-state index contributed by atoms with van der Waals surface area (Å²) in [6.45, 7) is 6.54. The SMILES string of the molecule is C=CCOC=C1[C@H](C)Cc2occ3c2[C@H]1CCC3. The molecule has 0 bridgehead atoms. The molecule has 0 saturated carbocycles. The van der Waals surface area contributed by atoms with Crippen LogP contribution < -0.4 is 0 Å². The Hall–Kier alpha value is -1.44. The second-order valence-electron chi connectivity index (χ2n) is 5.39. The van der Waals surface area contributed by atoms with E-state index in [2.05, 4.69) is 13.5 Å². The molecule has 0 fully saturated rings. The first-order chi connectivity index (χ1) is 8.81. The van der Waals surface area contributed by atoms with Gasteiger partial charge in [-0.15, -0.1) is 0 Å². The third kappa shape index (κ3) is 1.80. The summed E-state index contributed by atoms with van der Waals surface area (Å²) < 4.78 is 11.3. The minimum absolute atomic E-state index is 0.518. The van der Waals surface area contributed by atoms with E-state index in [-0.39, 0.29) is 0 Å². The number of allylic oxidation sites excluding steroid dienone is 1. The number of hydrogen-bond acceptors (Lipinski definition) is 2. The number of aryl methyl sites for hydroxylation is 1. The van der Waals surface area contributed by atoms with Gasteiger partial charge in [-0.1, -0.05) is 19.6 Å². The zero-order chi connectivity index (χ0) is 12.5. The van der Waals surface area contributed by atoms with Crippen molar-refractivity contribution in [2.45, 2.75) is 38.5 Å². The van der Waals surface area contributed by atoms with E-state index in [1.54, 1.807) is 6.08 Å². The fraction of sp³-hybridized carbons (Fsp3) is 0.500. The van der Waals surface area contributed by atoms with Gasteiger partial charge in [0.25, 0.3) is 0 Å². The molecule has 0 amide bonds. The maximum Gasteiger partial charge on any atom is 0.108 e. The van der Waals surface area contributed by atoms with Gasteiger partial charge in [0.2, 0.25) is 0 Å². The van der Waals surface area contributed by atoms with E-state index in [1.807, 2.05) is 12.5 Å². The molecule has 0 unspecified atom stereocenters. The lowest BCUT2D eigenvalue weighted by Crippen LogP contribution is -2.22. The van der Waals surface area contributed by atoms with Gasteiger partial charge in [0.15, 0.2) is 0 Å². The van der Waals surface area contributed by atoms with Crippen molar-refractivity contribution in [3.8, 4) is 0 Å². The molecule has 0 spiro atoms. The minimum atomic E-state index is 0.518. The number of rotatable bonds is 3. The highest BCUT2D eigenvalue weighted by atomic mass is 16.5. The van der Waals surface area contributed by atoms with Crippen LogP contribution in [-0.2, 0) is 17.6 Å². The predicted octanol–water partition coefficient (Wildman–Crippen LogP) is 3.98. The lowest BCUT2D eigenvalue weighted by Gasteiger charge is -2.33. The van der Waals surface area contributed by atoms with Crippen molar-refractivity contribution in [3.05, 3.63) is 47.6 Å². The van der Waals surface area contributed by atoms with Crippen LogP contribution in [0, 0.1) is 5.92 Å². The predicted molar refractivity (Wildman–Crippen MR) is 71.5 cm³/mol. The molecule has 0 N–H and O–H groups in total. The Morgan fingerprint density at radius 2 is 2.44 bits per heavy atom. The summed E-state index contributed by atoms with van der Waals surface area (Å²) in [7, 11) is 0. The average molecular weight is 244 g/mol. The first-order valence-corrected chi connectivity index (χ1v) is 6.83. The fourth-order valence-electron chi connectivity index (χ4n) is 3.34. The van der Waals surface area contributed by atoms with E-state index in [0.29, 0.717) is 18.4 Å². The molecule has 2 aliphatic carbocycles. The minimum Gasteiger partial charge on any atom is -0.497 e. The molecule has 0 radical (unpaired) electrons. The van der Waals surface area contributed by atoms with E-state index in [4.69, 9.17) is 9.15 Å². The van der Waals surface area contributed by atoms with Crippen LogP contribution in [0.1, 0.15) is 42.6 Å². The topological polar surface area (TPSA) is 22.4 Å². The average Bonchev–Trinajstić information content (AvgIpc) is 2.78. The molecular formula is C16H20O2. The Morgan fingerprint density at radius 3 is 3.28 bits per heavy atom. The quantitative estimate of drug-likeness (QED) is 0.456. The van der Waals surface area contributed by atoms with Crippen LogP contribution in [0.4, 0.5) is 0 Å². The molecule has 0 aromatic carbocycles. The fourth-order valence-corrected chi connectivity index (χ4v) is 3.34. The van der Waals surface area contributed by atoms with Crippen LogP contribution in [0.25, 0.3) is 0 Å². The van der Waals surface area contributed by atoms with Gasteiger partial charge in [-0.05, 0) is 36.3 Å². The molecule has 18 heavy (non-hydrogen) atoms. The van der Waals surface area contributed by atoms with Crippen molar-refractivity contribution in [1.82, 2.24) is 0 Å². The summed E-state index contributed by atoms with van der Waals surface area (Å²) in [5.41, 5.74) is 4.32. The second-order valence-corrected chi connectivity index (χ2v) is 5.39.